The van der Waals surface area contributed by atoms with Crippen LogP contribution in [-0.2, 0) is 29.0 Å². The summed E-state index contributed by atoms with van der Waals surface area (Å²) in [5.41, 5.74) is 3.02. The average molecular weight is 439 g/mol. The molecule has 5 heteroatoms. The van der Waals surface area contributed by atoms with Gasteiger partial charge in [0.2, 0.25) is 11.8 Å². The maximum atomic E-state index is 13.4. The quantitative estimate of drug-likeness (QED) is 0.573. The molecule has 0 unspecified atom stereocenters. The smallest absolute Gasteiger partial charge is 0.243 e. The number of methoxy groups -OCH3 is 1. The van der Waals surface area contributed by atoms with Crippen molar-refractivity contribution in [2.24, 2.45) is 0 Å². The molecule has 0 aliphatic carbocycles. The van der Waals surface area contributed by atoms with E-state index in [1.807, 2.05) is 52.0 Å². The molecule has 0 saturated carbocycles. The molecule has 0 spiro atoms. The van der Waals surface area contributed by atoms with E-state index in [0.717, 1.165) is 23.3 Å². The van der Waals surface area contributed by atoms with Crippen molar-refractivity contribution < 1.29 is 14.3 Å². The molecule has 0 aliphatic heterocycles. The van der Waals surface area contributed by atoms with E-state index < -0.39 is 6.04 Å². The summed E-state index contributed by atoms with van der Waals surface area (Å²) in [7, 11) is 1.63. The maximum absolute atomic E-state index is 13.4. The van der Waals surface area contributed by atoms with E-state index >= 15 is 0 Å². The lowest BCUT2D eigenvalue weighted by molar-refractivity contribution is -0.142. The van der Waals surface area contributed by atoms with Crippen LogP contribution in [0.5, 0.6) is 5.75 Å². The molecule has 2 rings (SSSR count). The monoisotopic (exact) mass is 438 g/mol. The van der Waals surface area contributed by atoms with Gasteiger partial charge in [0.15, 0.2) is 0 Å². The normalized spacial score (nSPS) is 12.2. The van der Waals surface area contributed by atoms with Crippen LogP contribution in [0, 0.1) is 0 Å². The van der Waals surface area contributed by atoms with E-state index in [1.165, 1.54) is 5.56 Å². The summed E-state index contributed by atoms with van der Waals surface area (Å²) in [5.74, 6) is 0.630. The predicted octanol–water partition coefficient (Wildman–Crippen LogP) is 4.91. The molecular weight excluding hydrogens is 400 g/mol. The first-order chi connectivity index (χ1) is 15.2. The molecule has 2 amide bonds. The molecule has 32 heavy (non-hydrogen) atoms. The Bertz CT molecular complexity index is 867. The molecule has 0 saturated heterocycles. The van der Waals surface area contributed by atoms with Crippen LogP contribution < -0.4 is 10.1 Å². The number of hydrogen-bond donors (Lipinski definition) is 1. The molecule has 174 valence electrons. The van der Waals surface area contributed by atoms with Crippen molar-refractivity contribution in [2.75, 3.05) is 7.11 Å². The highest BCUT2D eigenvalue weighted by atomic mass is 16.5. The van der Waals surface area contributed by atoms with E-state index in [-0.39, 0.29) is 17.4 Å². The number of amides is 2. The van der Waals surface area contributed by atoms with Crippen LogP contribution in [0.25, 0.3) is 0 Å². The number of carbonyl (C=O) groups is 2. The Labute approximate surface area is 193 Å². The Hall–Kier alpha value is -2.82. The number of carbonyl (C=O) groups excluding carboxylic acids is 2. The molecule has 0 radical (unpaired) electrons. The topological polar surface area (TPSA) is 58.6 Å². The lowest BCUT2D eigenvalue weighted by Gasteiger charge is -2.33. The third kappa shape index (κ3) is 7.70. The molecule has 5 nitrogen and oxygen atoms in total. The fourth-order valence-electron chi connectivity index (χ4n) is 3.64. The SMILES string of the molecule is CCc1ccc(CCC(=O)N(Cc2ccc(OC)cc2)[C@H](CC)C(=O)NC(C)(C)C)cc1. The number of nitrogens with one attached hydrogen (secondary N) is 1. The fourth-order valence-corrected chi connectivity index (χ4v) is 3.64. The van der Waals surface area contributed by atoms with Crippen molar-refractivity contribution in [1.82, 2.24) is 10.2 Å². The van der Waals surface area contributed by atoms with Gasteiger partial charge in [0.1, 0.15) is 11.8 Å². The minimum absolute atomic E-state index is 0.0173. The summed E-state index contributed by atoms with van der Waals surface area (Å²) in [6.07, 6.45) is 2.56. The summed E-state index contributed by atoms with van der Waals surface area (Å²) in [5, 5.41) is 3.04. The third-order valence-corrected chi connectivity index (χ3v) is 5.45. The second-order valence-electron chi connectivity index (χ2n) is 9.20. The second kappa shape index (κ2) is 11.7. The molecule has 2 aromatic carbocycles. The van der Waals surface area contributed by atoms with Crippen molar-refractivity contribution in [3.63, 3.8) is 0 Å². The number of hydrogen-bond acceptors (Lipinski definition) is 3. The van der Waals surface area contributed by atoms with Gasteiger partial charge < -0.3 is 15.0 Å². The Balaban J connectivity index is 2.21. The van der Waals surface area contributed by atoms with Gasteiger partial charge in [0, 0.05) is 18.5 Å². The van der Waals surface area contributed by atoms with Gasteiger partial charge in [-0.25, -0.2) is 0 Å². The zero-order valence-electron chi connectivity index (χ0n) is 20.4. The van der Waals surface area contributed by atoms with Crippen molar-refractivity contribution in [2.45, 2.75) is 78.4 Å². The number of rotatable bonds is 10. The molecule has 0 fully saturated rings. The molecule has 0 aliphatic rings. The van der Waals surface area contributed by atoms with Crippen molar-refractivity contribution in [3.8, 4) is 5.75 Å². The highest BCUT2D eigenvalue weighted by Crippen LogP contribution is 2.18. The number of benzene rings is 2. The molecule has 0 bridgehead atoms. The minimum atomic E-state index is -0.522. The Kier molecular flexibility index (Phi) is 9.30. The molecule has 1 atom stereocenters. The van der Waals surface area contributed by atoms with E-state index in [4.69, 9.17) is 4.74 Å². The molecule has 0 aromatic heterocycles. The van der Waals surface area contributed by atoms with Gasteiger partial charge in [-0.15, -0.1) is 0 Å². The lowest BCUT2D eigenvalue weighted by Crippen LogP contribution is -2.53. The third-order valence-electron chi connectivity index (χ3n) is 5.45. The minimum Gasteiger partial charge on any atom is -0.497 e. The van der Waals surface area contributed by atoms with E-state index in [0.29, 0.717) is 25.8 Å². The summed E-state index contributed by atoms with van der Waals surface area (Å²) >= 11 is 0. The predicted molar refractivity (Wildman–Crippen MR) is 130 cm³/mol. The summed E-state index contributed by atoms with van der Waals surface area (Å²) in [6.45, 7) is 10.3. The van der Waals surface area contributed by atoms with Crippen molar-refractivity contribution in [1.29, 1.82) is 0 Å². The highest BCUT2D eigenvalue weighted by Gasteiger charge is 2.30. The standard InChI is InChI=1S/C27H38N2O3/c1-7-20-9-11-21(12-10-20)15-18-25(30)29(19-22-13-16-23(32-6)17-14-22)24(8-2)26(31)28-27(3,4)5/h9-14,16-17,24H,7-8,15,18-19H2,1-6H3,(H,28,31)/t24-/m1/s1. The van der Waals surface area contributed by atoms with E-state index in [9.17, 15) is 9.59 Å². The van der Waals surface area contributed by atoms with Gasteiger partial charge in [-0.05, 0) is 68.9 Å². The van der Waals surface area contributed by atoms with Gasteiger partial charge in [-0.2, -0.15) is 0 Å². The van der Waals surface area contributed by atoms with Crippen LogP contribution in [0.3, 0.4) is 0 Å². The largest absolute Gasteiger partial charge is 0.497 e. The zero-order chi connectivity index (χ0) is 23.7. The van der Waals surface area contributed by atoms with Gasteiger partial charge >= 0.3 is 0 Å². The first-order valence-corrected chi connectivity index (χ1v) is 11.5. The van der Waals surface area contributed by atoms with Crippen LogP contribution >= 0.6 is 0 Å². The maximum Gasteiger partial charge on any atom is 0.243 e. The lowest BCUT2D eigenvalue weighted by atomic mass is 10.0. The highest BCUT2D eigenvalue weighted by molar-refractivity contribution is 5.88. The van der Waals surface area contributed by atoms with Gasteiger partial charge in [-0.1, -0.05) is 50.2 Å². The molecule has 2 aromatic rings. The number of nitrogens with zero attached hydrogens (tertiary/aromatic N) is 1. The summed E-state index contributed by atoms with van der Waals surface area (Å²) in [4.78, 5) is 28.1. The second-order valence-corrected chi connectivity index (χ2v) is 9.20. The first kappa shape index (κ1) is 25.4. The molecule has 0 heterocycles. The number of ether oxygens (including phenoxy) is 1. The summed E-state index contributed by atoms with van der Waals surface area (Å²) in [6, 6.07) is 15.5. The fraction of sp³-hybridized carbons (Fsp3) is 0.481. The molecular formula is C27H38N2O3. The van der Waals surface area contributed by atoms with Crippen LogP contribution in [0.4, 0.5) is 0 Å². The zero-order valence-corrected chi connectivity index (χ0v) is 20.4. The number of aryl methyl sites for hydroxylation is 2. The molecule has 1 N–H and O–H groups in total. The van der Waals surface area contributed by atoms with Crippen LogP contribution in [-0.4, -0.2) is 35.4 Å². The van der Waals surface area contributed by atoms with Crippen LogP contribution in [0.1, 0.15) is 64.2 Å². The van der Waals surface area contributed by atoms with Gasteiger partial charge in [0.25, 0.3) is 0 Å². The average Bonchev–Trinajstić information content (AvgIpc) is 2.77. The van der Waals surface area contributed by atoms with Gasteiger partial charge in [0.05, 0.1) is 7.11 Å². The van der Waals surface area contributed by atoms with Crippen molar-refractivity contribution >= 4 is 11.8 Å². The van der Waals surface area contributed by atoms with Crippen molar-refractivity contribution in [3.05, 3.63) is 65.2 Å². The Morgan fingerprint density at radius 2 is 1.50 bits per heavy atom. The first-order valence-electron chi connectivity index (χ1n) is 11.5. The van der Waals surface area contributed by atoms with Gasteiger partial charge in [-0.3, -0.25) is 9.59 Å². The van der Waals surface area contributed by atoms with Crippen LogP contribution in [0.15, 0.2) is 48.5 Å². The Morgan fingerprint density at radius 3 is 2.00 bits per heavy atom. The van der Waals surface area contributed by atoms with E-state index in [2.05, 4.69) is 36.5 Å². The van der Waals surface area contributed by atoms with Crippen LogP contribution in [0.2, 0.25) is 0 Å². The van der Waals surface area contributed by atoms with E-state index in [1.54, 1.807) is 12.0 Å². The summed E-state index contributed by atoms with van der Waals surface area (Å²) < 4.78 is 5.24. The Morgan fingerprint density at radius 1 is 0.938 bits per heavy atom.